The van der Waals surface area contributed by atoms with Crippen LogP contribution in [0.5, 0.6) is 0 Å². The highest BCUT2D eigenvalue weighted by molar-refractivity contribution is 5.82. The fourth-order valence-corrected chi connectivity index (χ4v) is 1.36. The molecule has 82 valence electrons. The molecule has 0 aromatic heterocycles. The first-order valence-electron chi connectivity index (χ1n) is 5.32. The first-order chi connectivity index (χ1) is 6.27. The first-order valence-corrected chi connectivity index (χ1v) is 5.32. The van der Waals surface area contributed by atoms with Crippen molar-refractivity contribution in [3.05, 3.63) is 0 Å². The van der Waals surface area contributed by atoms with Gasteiger partial charge in [0.25, 0.3) is 0 Å². The minimum Gasteiger partial charge on any atom is -0.278 e. The lowest BCUT2D eigenvalue weighted by Gasteiger charge is -2.39. The van der Waals surface area contributed by atoms with Crippen molar-refractivity contribution in [2.24, 2.45) is 10.8 Å². The molecule has 1 amide bonds. The van der Waals surface area contributed by atoms with Gasteiger partial charge in [-0.15, -0.1) is 0 Å². The van der Waals surface area contributed by atoms with Crippen molar-refractivity contribution in [3.8, 4) is 0 Å². The van der Waals surface area contributed by atoms with Gasteiger partial charge in [-0.1, -0.05) is 34.6 Å². The van der Waals surface area contributed by atoms with Gasteiger partial charge in [-0.25, -0.2) is 5.43 Å². The molecule has 0 aromatic rings. The van der Waals surface area contributed by atoms with E-state index in [0.29, 0.717) is 0 Å². The summed E-state index contributed by atoms with van der Waals surface area (Å²) in [5, 5.41) is 1.77. The molecule has 0 saturated carbocycles. The second-order valence-corrected chi connectivity index (χ2v) is 5.59. The Hall–Kier alpha value is -0.570. The summed E-state index contributed by atoms with van der Waals surface area (Å²) in [6.07, 6.45) is 1.06. The van der Waals surface area contributed by atoms with Crippen LogP contribution in [0.1, 0.15) is 41.0 Å². The summed E-state index contributed by atoms with van der Waals surface area (Å²) in [7, 11) is 0. The Morgan fingerprint density at radius 3 is 2.14 bits per heavy atom. The number of rotatable bonds is 1. The van der Waals surface area contributed by atoms with E-state index in [1.807, 2.05) is 13.8 Å². The normalized spacial score (nSPS) is 18.8. The van der Waals surface area contributed by atoms with Crippen molar-refractivity contribution in [1.29, 1.82) is 0 Å². The van der Waals surface area contributed by atoms with Crippen molar-refractivity contribution < 1.29 is 4.79 Å². The SMILES string of the molecule is CC(C)(C)C(C)(C)C(=O)N1CCCN1. The molecule has 3 heteroatoms. The summed E-state index contributed by atoms with van der Waals surface area (Å²) in [5.74, 6) is 0.211. The van der Waals surface area contributed by atoms with E-state index in [-0.39, 0.29) is 16.7 Å². The number of carbonyl (C=O) groups excluding carboxylic acids is 1. The molecule has 1 saturated heterocycles. The monoisotopic (exact) mass is 198 g/mol. The van der Waals surface area contributed by atoms with E-state index in [1.165, 1.54) is 0 Å². The Labute approximate surface area is 86.8 Å². The summed E-state index contributed by atoms with van der Waals surface area (Å²) in [6, 6.07) is 0. The van der Waals surface area contributed by atoms with Crippen molar-refractivity contribution in [1.82, 2.24) is 10.4 Å². The van der Waals surface area contributed by atoms with E-state index in [4.69, 9.17) is 0 Å². The minimum atomic E-state index is -0.315. The van der Waals surface area contributed by atoms with Crippen molar-refractivity contribution in [2.75, 3.05) is 13.1 Å². The van der Waals surface area contributed by atoms with E-state index in [1.54, 1.807) is 5.01 Å². The van der Waals surface area contributed by atoms with Crippen LogP contribution in [0.4, 0.5) is 0 Å². The molecule has 1 N–H and O–H groups in total. The van der Waals surface area contributed by atoms with Gasteiger partial charge in [0, 0.05) is 18.5 Å². The zero-order valence-corrected chi connectivity index (χ0v) is 9.98. The summed E-state index contributed by atoms with van der Waals surface area (Å²) in [5.41, 5.74) is 2.80. The largest absolute Gasteiger partial charge is 0.278 e. The Kier molecular flexibility index (Phi) is 2.91. The molecule has 1 rings (SSSR count). The maximum absolute atomic E-state index is 12.2. The average Bonchev–Trinajstić information content (AvgIpc) is 2.52. The quantitative estimate of drug-likeness (QED) is 0.696. The number of hydrogen-bond donors (Lipinski definition) is 1. The molecule has 1 aliphatic heterocycles. The van der Waals surface area contributed by atoms with Crippen LogP contribution >= 0.6 is 0 Å². The Morgan fingerprint density at radius 1 is 1.21 bits per heavy atom. The molecule has 0 atom stereocenters. The van der Waals surface area contributed by atoms with Gasteiger partial charge in [-0.3, -0.25) is 9.80 Å². The summed E-state index contributed by atoms with van der Waals surface area (Å²) >= 11 is 0. The molecule has 1 heterocycles. The first kappa shape index (κ1) is 11.5. The van der Waals surface area contributed by atoms with E-state index >= 15 is 0 Å². The number of carbonyl (C=O) groups is 1. The Balaban J connectivity index is 2.76. The average molecular weight is 198 g/mol. The van der Waals surface area contributed by atoms with Crippen molar-refractivity contribution in [2.45, 2.75) is 41.0 Å². The van der Waals surface area contributed by atoms with E-state index in [9.17, 15) is 4.79 Å². The van der Waals surface area contributed by atoms with Crippen LogP contribution < -0.4 is 5.43 Å². The standard InChI is InChI=1S/C11H22N2O/c1-10(2,3)11(4,5)9(14)13-8-6-7-12-13/h12H,6-8H2,1-5H3. The molecule has 1 fully saturated rings. The van der Waals surface area contributed by atoms with Gasteiger partial charge in [0.05, 0.1) is 0 Å². The third-order valence-corrected chi connectivity index (χ3v) is 3.52. The molecule has 0 aliphatic carbocycles. The molecule has 0 spiro atoms. The molecule has 0 unspecified atom stereocenters. The molecule has 3 nitrogen and oxygen atoms in total. The maximum atomic E-state index is 12.2. The smallest absolute Gasteiger partial charge is 0.242 e. The van der Waals surface area contributed by atoms with Crippen LogP contribution in [0, 0.1) is 10.8 Å². The number of nitrogens with zero attached hydrogens (tertiary/aromatic N) is 1. The van der Waals surface area contributed by atoms with Crippen LogP contribution in [0.3, 0.4) is 0 Å². The number of nitrogens with one attached hydrogen (secondary N) is 1. The van der Waals surface area contributed by atoms with Gasteiger partial charge in [-0.05, 0) is 11.8 Å². The third kappa shape index (κ3) is 1.92. The molecular formula is C11H22N2O. The summed E-state index contributed by atoms with van der Waals surface area (Å²) in [6.45, 7) is 12.2. The van der Waals surface area contributed by atoms with Crippen molar-refractivity contribution in [3.63, 3.8) is 0 Å². The summed E-state index contributed by atoms with van der Waals surface area (Å²) in [4.78, 5) is 12.2. The van der Waals surface area contributed by atoms with Gasteiger partial charge < -0.3 is 0 Å². The molecule has 0 radical (unpaired) electrons. The zero-order valence-electron chi connectivity index (χ0n) is 9.98. The third-order valence-electron chi connectivity index (χ3n) is 3.52. The number of hydrogen-bond acceptors (Lipinski definition) is 2. The molecule has 1 aliphatic rings. The highest BCUT2D eigenvalue weighted by Gasteiger charge is 2.42. The lowest BCUT2D eigenvalue weighted by Crippen LogP contribution is -2.49. The van der Waals surface area contributed by atoms with E-state index < -0.39 is 0 Å². The predicted octanol–water partition coefficient (Wildman–Crippen LogP) is 1.80. The van der Waals surface area contributed by atoms with Gasteiger partial charge in [0.15, 0.2) is 0 Å². The van der Waals surface area contributed by atoms with Gasteiger partial charge in [0.2, 0.25) is 5.91 Å². The van der Waals surface area contributed by atoms with Crippen molar-refractivity contribution >= 4 is 5.91 Å². The topological polar surface area (TPSA) is 32.3 Å². The molecular weight excluding hydrogens is 176 g/mol. The zero-order chi connectivity index (χ0) is 11.0. The number of amides is 1. The highest BCUT2D eigenvalue weighted by Crippen LogP contribution is 2.39. The van der Waals surface area contributed by atoms with E-state index in [0.717, 1.165) is 19.5 Å². The lowest BCUT2D eigenvalue weighted by molar-refractivity contribution is -0.147. The number of hydrazine groups is 1. The molecule has 0 bridgehead atoms. The Morgan fingerprint density at radius 2 is 1.79 bits per heavy atom. The van der Waals surface area contributed by atoms with Gasteiger partial charge >= 0.3 is 0 Å². The summed E-state index contributed by atoms with van der Waals surface area (Å²) < 4.78 is 0. The van der Waals surface area contributed by atoms with Crippen LogP contribution in [0.15, 0.2) is 0 Å². The Bertz CT molecular complexity index is 222. The van der Waals surface area contributed by atoms with Gasteiger partial charge in [0.1, 0.15) is 0 Å². The maximum Gasteiger partial charge on any atom is 0.242 e. The minimum absolute atomic E-state index is 0.00560. The molecule has 14 heavy (non-hydrogen) atoms. The van der Waals surface area contributed by atoms with Crippen LogP contribution in [0.2, 0.25) is 0 Å². The van der Waals surface area contributed by atoms with Crippen LogP contribution in [-0.2, 0) is 4.79 Å². The predicted molar refractivity (Wildman–Crippen MR) is 57.6 cm³/mol. The van der Waals surface area contributed by atoms with E-state index in [2.05, 4.69) is 26.2 Å². The van der Waals surface area contributed by atoms with Gasteiger partial charge in [-0.2, -0.15) is 0 Å². The second kappa shape index (κ2) is 3.54. The highest BCUT2D eigenvalue weighted by atomic mass is 16.2. The fraction of sp³-hybridized carbons (Fsp3) is 0.909. The van der Waals surface area contributed by atoms with Crippen LogP contribution in [0.25, 0.3) is 0 Å². The fourth-order valence-electron chi connectivity index (χ4n) is 1.36. The lowest BCUT2D eigenvalue weighted by atomic mass is 9.68. The van der Waals surface area contributed by atoms with Crippen LogP contribution in [-0.4, -0.2) is 24.0 Å². The second-order valence-electron chi connectivity index (χ2n) is 5.59. The molecule has 0 aromatic carbocycles.